The number of ether oxygens (including phenoxy) is 1. The molecule has 2 aromatic carbocycles. The fraction of sp³-hybridized carbons (Fsp3) is 0.567. The van der Waals surface area contributed by atoms with Crippen molar-refractivity contribution in [1.82, 2.24) is 9.80 Å². The maximum atomic E-state index is 5.99. The molecule has 0 spiro atoms. The standard InChI is InChI=1S/C30H44N4OS/c1-4-5-15-33-16-7-10-27-22-26(12-13-29(27)33)23-34(17-8-14-32-18-20-35-21-19-32)30(36)31-28-11-6-9-24(2)25(28)3/h6,9,11-13,22H,4-5,7-8,10,14-21,23H2,1-3H3,(H,31,36). The topological polar surface area (TPSA) is 31.0 Å². The van der Waals surface area contributed by atoms with Gasteiger partial charge in [-0.25, -0.2) is 0 Å². The molecule has 2 aliphatic heterocycles. The summed E-state index contributed by atoms with van der Waals surface area (Å²) in [5.41, 5.74) is 7.93. The predicted octanol–water partition coefficient (Wildman–Crippen LogP) is 5.78. The van der Waals surface area contributed by atoms with Gasteiger partial charge < -0.3 is 19.9 Å². The number of anilines is 2. The van der Waals surface area contributed by atoms with Gasteiger partial charge in [-0.3, -0.25) is 4.90 Å². The van der Waals surface area contributed by atoms with Crippen molar-refractivity contribution in [2.75, 3.05) is 62.7 Å². The Balaban J connectivity index is 1.46. The maximum Gasteiger partial charge on any atom is 0.173 e. The third kappa shape index (κ3) is 7.21. The molecular formula is C30H44N4OS. The Hall–Kier alpha value is -2.15. The number of hydrogen-bond acceptors (Lipinski definition) is 4. The number of nitrogens with one attached hydrogen (secondary N) is 1. The lowest BCUT2D eigenvalue weighted by atomic mass is 9.98. The third-order valence-corrected chi connectivity index (χ3v) is 8.01. The molecule has 0 amide bonds. The summed E-state index contributed by atoms with van der Waals surface area (Å²) in [7, 11) is 0. The molecule has 2 heterocycles. The average molecular weight is 509 g/mol. The summed E-state index contributed by atoms with van der Waals surface area (Å²) in [6, 6.07) is 13.5. The average Bonchev–Trinajstić information content (AvgIpc) is 2.90. The highest BCUT2D eigenvalue weighted by Gasteiger charge is 2.19. The Bertz CT molecular complexity index is 1000. The Morgan fingerprint density at radius 2 is 1.89 bits per heavy atom. The van der Waals surface area contributed by atoms with E-state index in [0.29, 0.717) is 0 Å². The lowest BCUT2D eigenvalue weighted by Gasteiger charge is -2.33. The molecule has 2 aliphatic rings. The van der Waals surface area contributed by atoms with Crippen LogP contribution in [0.4, 0.5) is 11.4 Å². The minimum Gasteiger partial charge on any atom is -0.379 e. The van der Waals surface area contributed by atoms with Gasteiger partial charge in [0.1, 0.15) is 0 Å². The molecule has 2 aromatic rings. The van der Waals surface area contributed by atoms with Crippen LogP contribution in [0.5, 0.6) is 0 Å². The quantitative estimate of drug-likeness (QED) is 0.410. The van der Waals surface area contributed by atoms with Crippen molar-refractivity contribution in [2.45, 2.75) is 59.4 Å². The zero-order valence-electron chi connectivity index (χ0n) is 22.5. The first-order chi connectivity index (χ1) is 17.5. The van der Waals surface area contributed by atoms with Crippen molar-refractivity contribution in [1.29, 1.82) is 0 Å². The largest absolute Gasteiger partial charge is 0.379 e. The van der Waals surface area contributed by atoms with Crippen LogP contribution in [0.25, 0.3) is 0 Å². The molecule has 1 N–H and O–H groups in total. The number of aryl methyl sites for hydroxylation is 2. The van der Waals surface area contributed by atoms with Crippen molar-refractivity contribution in [3.05, 3.63) is 58.7 Å². The van der Waals surface area contributed by atoms with Crippen LogP contribution in [0.1, 0.15) is 54.9 Å². The molecule has 0 aliphatic carbocycles. The Morgan fingerprint density at radius 3 is 2.69 bits per heavy atom. The van der Waals surface area contributed by atoms with E-state index in [2.05, 4.69) is 77.2 Å². The maximum absolute atomic E-state index is 5.99. The summed E-state index contributed by atoms with van der Waals surface area (Å²) in [5, 5.41) is 4.38. The SMILES string of the molecule is CCCCN1CCCc2cc(CN(CCCN3CCOCC3)C(=S)Nc3cccc(C)c3C)ccc21. The lowest BCUT2D eigenvalue weighted by molar-refractivity contribution is 0.0368. The monoisotopic (exact) mass is 508 g/mol. The third-order valence-electron chi connectivity index (χ3n) is 7.65. The van der Waals surface area contributed by atoms with Crippen LogP contribution in [0.3, 0.4) is 0 Å². The second-order valence-corrected chi connectivity index (χ2v) is 10.7. The van der Waals surface area contributed by atoms with E-state index in [1.54, 1.807) is 0 Å². The molecule has 196 valence electrons. The van der Waals surface area contributed by atoms with Gasteiger partial charge in [-0.15, -0.1) is 0 Å². The number of rotatable bonds is 10. The molecule has 0 atom stereocenters. The number of benzene rings is 2. The molecule has 6 heteroatoms. The number of thiocarbonyl (C=S) groups is 1. The van der Waals surface area contributed by atoms with Gasteiger partial charge in [0.2, 0.25) is 0 Å². The molecule has 1 fully saturated rings. The number of nitrogens with zero attached hydrogens (tertiary/aromatic N) is 3. The van der Waals surface area contributed by atoms with Crippen LogP contribution in [0.2, 0.25) is 0 Å². The zero-order chi connectivity index (χ0) is 25.3. The highest BCUT2D eigenvalue weighted by atomic mass is 32.1. The van der Waals surface area contributed by atoms with Crippen LogP contribution in [-0.4, -0.2) is 67.4 Å². The van der Waals surface area contributed by atoms with E-state index in [1.807, 2.05) is 0 Å². The molecule has 5 nitrogen and oxygen atoms in total. The van der Waals surface area contributed by atoms with Crippen LogP contribution >= 0.6 is 12.2 Å². The first-order valence-electron chi connectivity index (χ1n) is 13.8. The van der Waals surface area contributed by atoms with Crippen LogP contribution in [0.15, 0.2) is 36.4 Å². The fourth-order valence-electron chi connectivity index (χ4n) is 5.27. The van der Waals surface area contributed by atoms with E-state index in [1.165, 1.54) is 66.7 Å². The zero-order valence-corrected chi connectivity index (χ0v) is 23.3. The van der Waals surface area contributed by atoms with Crippen LogP contribution in [0, 0.1) is 13.8 Å². The van der Waals surface area contributed by atoms with Crippen molar-refractivity contribution >= 4 is 28.7 Å². The van der Waals surface area contributed by atoms with E-state index < -0.39 is 0 Å². The molecule has 0 saturated carbocycles. The Kier molecular flexibility index (Phi) is 10.0. The second-order valence-electron chi connectivity index (χ2n) is 10.3. The smallest absolute Gasteiger partial charge is 0.173 e. The highest BCUT2D eigenvalue weighted by Crippen LogP contribution is 2.29. The van der Waals surface area contributed by atoms with E-state index in [9.17, 15) is 0 Å². The minimum atomic E-state index is 0.813. The van der Waals surface area contributed by atoms with Gasteiger partial charge in [0.05, 0.1) is 13.2 Å². The molecule has 4 rings (SSSR count). The van der Waals surface area contributed by atoms with Crippen LogP contribution in [-0.2, 0) is 17.7 Å². The summed E-state index contributed by atoms with van der Waals surface area (Å²) >= 11 is 5.99. The van der Waals surface area contributed by atoms with Crippen LogP contribution < -0.4 is 10.2 Å². The van der Waals surface area contributed by atoms with E-state index in [4.69, 9.17) is 17.0 Å². The van der Waals surface area contributed by atoms with Gasteiger partial charge in [-0.2, -0.15) is 0 Å². The van der Waals surface area contributed by atoms with Crippen molar-refractivity contribution < 1.29 is 4.74 Å². The summed E-state index contributed by atoms with van der Waals surface area (Å²) in [6.45, 7) is 15.6. The summed E-state index contributed by atoms with van der Waals surface area (Å²) < 4.78 is 5.52. The van der Waals surface area contributed by atoms with Crippen molar-refractivity contribution in [2.24, 2.45) is 0 Å². The molecular weight excluding hydrogens is 464 g/mol. The molecule has 0 bridgehead atoms. The molecule has 0 aromatic heterocycles. The number of hydrogen-bond donors (Lipinski definition) is 1. The highest BCUT2D eigenvalue weighted by molar-refractivity contribution is 7.80. The first-order valence-corrected chi connectivity index (χ1v) is 14.2. The number of unbranched alkanes of at least 4 members (excludes halogenated alkanes) is 1. The molecule has 1 saturated heterocycles. The van der Waals surface area contributed by atoms with Crippen molar-refractivity contribution in [3.8, 4) is 0 Å². The number of fused-ring (bicyclic) bond motifs is 1. The normalized spacial score (nSPS) is 16.0. The Morgan fingerprint density at radius 1 is 1.06 bits per heavy atom. The van der Waals surface area contributed by atoms with E-state index >= 15 is 0 Å². The summed E-state index contributed by atoms with van der Waals surface area (Å²) in [6.07, 6.45) is 6.01. The summed E-state index contributed by atoms with van der Waals surface area (Å²) in [4.78, 5) is 7.45. The fourth-order valence-corrected chi connectivity index (χ4v) is 5.54. The number of morpholine rings is 1. The molecule has 36 heavy (non-hydrogen) atoms. The van der Waals surface area contributed by atoms with Crippen molar-refractivity contribution in [3.63, 3.8) is 0 Å². The lowest BCUT2D eigenvalue weighted by Crippen LogP contribution is -2.40. The van der Waals surface area contributed by atoms with Gasteiger partial charge in [0.15, 0.2) is 5.11 Å². The minimum absolute atomic E-state index is 0.813. The molecule has 0 unspecified atom stereocenters. The van der Waals surface area contributed by atoms with Gasteiger partial charge in [-0.1, -0.05) is 37.6 Å². The predicted molar refractivity (Wildman–Crippen MR) is 156 cm³/mol. The first kappa shape index (κ1) is 26.9. The second kappa shape index (κ2) is 13.4. The van der Waals surface area contributed by atoms with Gasteiger partial charge in [-0.05, 0) is 86.1 Å². The Labute approximate surface area is 223 Å². The van der Waals surface area contributed by atoms with E-state index in [-0.39, 0.29) is 0 Å². The molecule has 0 radical (unpaired) electrons. The van der Waals surface area contributed by atoms with E-state index in [0.717, 1.165) is 63.2 Å². The van der Waals surface area contributed by atoms with Gasteiger partial charge in [0, 0.05) is 57.2 Å². The van der Waals surface area contributed by atoms with Gasteiger partial charge in [0.25, 0.3) is 0 Å². The van der Waals surface area contributed by atoms with Gasteiger partial charge >= 0.3 is 0 Å². The summed E-state index contributed by atoms with van der Waals surface area (Å²) in [5.74, 6) is 0.